The van der Waals surface area contributed by atoms with Crippen molar-refractivity contribution >= 4 is 0 Å². The number of rotatable bonds is 7. The van der Waals surface area contributed by atoms with Crippen molar-refractivity contribution in [3.63, 3.8) is 0 Å². The van der Waals surface area contributed by atoms with Gasteiger partial charge in [0.25, 0.3) is 0 Å². The molecule has 1 aromatic carbocycles. The molecule has 0 radical (unpaired) electrons. The van der Waals surface area contributed by atoms with Crippen LogP contribution >= 0.6 is 0 Å². The second-order valence-corrected chi connectivity index (χ2v) is 5.95. The summed E-state index contributed by atoms with van der Waals surface area (Å²) >= 11 is 0. The lowest BCUT2D eigenvalue weighted by Crippen LogP contribution is -2.26. The summed E-state index contributed by atoms with van der Waals surface area (Å²) in [6.45, 7) is 1.35. The highest BCUT2D eigenvalue weighted by molar-refractivity contribution is 5.27. The summed E-state index contributed by atoms with van der Waals surface area (Å²) in [7, 11) is 0. The molecule has 0 atom stereocenters. The van der Waals surface area contributed by atoms with Gasteiger partial charge >= 0.3 is 6.61 Å². The second-order valence-electron chi connectivity index (χ2n) is 5.95. The Morgan fingerprint density at radius 3 is 2.29 bits per heavy atom. The summed E-state index contributed by atoms with van der Waals surface area (Å²) in [5, 5.41) is 3.48. The predicted molar refractivity (Wildman–Crippen MR) is 80.5 cm³/mol. The number of benzene rings is 1. The number of ether oxygens (including phenoxy) is 1. The van der Waals surface area contributed by atoms with Crippen LogP contribution in [0.5, 0.6) is 5.75 Å². The fourth-order valence-electron chi connectivity index (χ4n) is 3.05. The van der Waals surface area contributed by atoms with Crippen LogP contribution in [0.3, 0.4) is 0 Å². The van der Waals surface area contributed by atoms with E-state index < -0.39 is 6.61 Å². The summed E-state index contributed by atoms with van der Waals surface area (Å²) < 4.78 is 28.4. The SMILES string of the molecule is CCC1CCC(CNCc2ccc(OC(F)F)cc2)CC1. The van der Waals surface area contributed by atoms with Crippen LogP contribution < -0.4 is 10.1 Å². The normalized spacial score (nSPS) is 22.5. The molecular weight excluding hydrogens is 272 g/mol. The van der Waals surface area contributed by atoms with Crippen molar-refractivity contribution in [3.8, 4) is 5.75 Å². The third kappa shape index (κ3) is 5.62. The van der Waals surface area contributed by atoms with E-state index in [9.17, 15) is 8.78 Å². The molecule has 1 fully saturated rings. The molecule has 1 aliphatic carbocycles. The van der Waals surface area contributed by atoms with Gasteiger partial charge in [-0.15, -0.1) is 0 Å². The predicted octanol–water partition coefficient (Wildman–Crippen LogP) is 4.59. The summed E-state index contributed by atoms with van der Waals surface area (Å²) in [4.78, 5) is 0. The lowest BCUT2D eigenvalue weighted by Gasteiger charge is -2.27. The van der Waals surface area contributed by atoms with Crippen LogP contribution in [0, 0.1) is 11.8 Å². The Morgan fingerprint density at radius 1 is 1.10 bits per heavy atom. The minimum Gasteiger partial charge on any atom is -0.435 e. The molecule has 0 unspecified atom stereocenters. The molecule has 0 aromatic heterocycles. The van der Waals surface area contributed by atoms with Gasteiger partial charge in [0, 0.05) is 6.54 Å². The monoisotopic (exact) mass is 297 g/mol. The van der Waals surface area contributed by atoms with Crippen LogP contribution in [0.1, 0.15) is 44.6 Å². The molecule has 1 aliphatic rings. The lowest BCUT2D eigenvalue weighted by molar-refractivity contribution is -0.0498. The quantitative estimate of drug-likeness (QED) is 0.794. The molecule has 1 saturated carbocycles. The molecule has 2 nitrogen and oxygen atoms in total. The van der Waals surface area contributed by atoms with E-state index in [0.717, 1.165) is 30.5 Å². The molecule has 1 N–H and O–H groups in total. The molecular formula is C17H25F2NO. The van der Waals surface area contributed by atoms with Crippen molar-refractivity contribution in [2.45, 2.75) is 52.2 Å². The van der Waals surface area contributed by atoms with Gasteiger partial charge in [0.15, 0.2) is 0 Å². The average Bonchev–Trinajstić information content (AvgIpc) is 2.49. The first-order valence-corrected chi connectivity index (χ1v) is 7.91. The van der Waals surface area contributed by atoms with Gasteiger partial charge in [-0.1, -0.05) is 38.3 Å². The fraction of sp³-hybridized carbons (Fsp3) is 0.647. The molecule has 4 heteroatoms. The molecule has 0 spiro atoms. The van der Waals surface area contributed by atoms with E-state index in [-0.39, 0.29) is 5.75 Å². The maximum Gasteiger partial charge on any atom is 0.387 e. The van der Waals surface area contributed by atoms with Crippen LogP contribution in [0.25, 0.3) is 0 Å². The summed E-state index contributed by atoms with van der Waals surface area (Å²) in [6.07, 6.45) is 6.69. The Kier molecular flexibility index (Phi) is 6.43. The smallest absolute Gasteiger partial charge is 0.387 e. The molecule has 0 amide bonds. The number of hydrogen-bond donors (Lipinski definition) is 1. The first kappa shape index (κ1) is 16.2. The molecule has 21 heavy (non-hydrogen) atoms. The first-order valence-electron chi connectivity index (χ1n) is 7.91. The van der Waals surface area contributed by atoms with Crippen LogP contribution in [-0.2, 0) is 6.54 Å². The molecule has 2 rings (SSSR count). The minimum absolute atomic E-state index is 0.214. The van der Waals surface area contributed by atoms with Gasteiger partial charge in [0.2, 0.25) is 0 Å². The van der Waals surface area contributed by atoms with E-state index in [4.69, 9.17) is 0 Å². The highest BCUT2D eigenvalue weighted by atomic mass is 19.3. The second kappa shape index (κ2) is 8.32. The summed E-state index contributed by atoms with van der Waals surface area (Å²) in [5.74, 6) is 1.93. The maximum absolute atomic E-state index is 12.0. The minimum atomic E-state index is -2.76. The first-order chi connectivity index (χ1) is 10.2. The van der Waals surface area contributed by atoms with Gasteiger partial charge in [-0.2, -0.15) is 8.78 Å². The van der Waals surface area contributed by atoms with E-state index in [1.807, 2.05) is 12.1 Å². The van der Waals surface area contributed by atoms with E-state index in [1.54, 1.807) is 12.1 Å². The molecule has 0 saturated heterocycles. The highest BCUT2D eigenvalue weighted by Crippen LogP contribution is 2.30. The Balaban J connectivity index is 1.67. The van der Waals surface area contributed by atoms with Crippen LogP contribution in [0.2, 0.25) is 0 Å². The molecule has 0 heterocycles. The number of hydrogen-bond acceptors (Lipinski definition) is 2. The number of halogens is 2. The Hall–Kier alpha value is -1.16. The maximum atomic E-state index is 12.0. The van der Waals surface area contributed by atoms with Gasteiger partial charge in [-0.05, 0) is 48.9 Å². The van der Waals surface area contributed by atoms with Gasteiger partial charge < -0.3 is 10.1 Å². The zero-order valence-corrected chi connectivity index (χ0v) is 12.7. The van der Waals surface area contributed by atoms with Crippen molar-refractivity contribution in [3.05, 3.63) is 29.8 Å². The van der Waals surface area contributed by atoms with E-state index in [2.05, 4.69) is 17.0 Å². The van der Waals surface area contributed by atoms with Gasteiger partial charge in [-0.3, -0.25) is 0 Å². The largest absolute Gasteiger partial charge is 0.435 e. The average molecular weight is 297 g/mol. The molecule has 0 bridgehead atoms. The van der Waals surface area contributed by atoms with E-state index >= 15 is 0 Å². The molecule has 0 aliphatic heterocycles. The van der Waals surface area contributed by atoms with Crippen molar-refractivity contribution in [1.29, 1.82) is 0 Å². The van der Waals surface area contributed by atoms with Gasteiger partial charge in [0.05, 0.1) is 0 Å². The van der Waals surface area contributed by atoms with E-state index in [0.29, 0.717) is 0 Å². The van der Waals surface area contributed by atoms with E-state index in [1.165, 1.54) is 32.1 Å². The fourth-order valence-corrected chi connectivity index (χ4v) is 3.05. The standard InChI is InChI=1S/C17H25F2NO/c1-2-13-3-5-14(6-4-13)11-20-12-15-7-9-16(10-8-15)21-17(18)19/h7-10,13-14,17,20H,2-6,11-12H2,1H3. The number of alkyl halides is 2. The summed E-state index contributed by atoms with van der Waals surface area (Å²) in [5.41, 5.74) is 1.10. The van der Waals surface area contributed by atoms with Crippen molar-refractivity contribution in [1.82, 2.24) is 5.32 Å². The van der Waals surface area contributed by atoms with Crippen molar-refractivity contribution in [2.75, 3.05) is 6.54 Å². The Bertz CT molecular complexity index is 400. The molecule has 1 aromatic rings. The molecule has 118 valence electrons. The van der Waals surface area contributed by atoms with Crippen molar-refractivity contribution < 1.29 is 13.5 Å². The van der Waals surface area contributed by atoms with Crippen LogP contribution in [0.4, 0.5) is 8.78 Å². The van der Waals surface area contributed by atoms with Crippen molar-refractivity contribution in [2.24, 2.45) is 11.8 Å². The zero-order chi connectivity index (χ0) is 15.1. The zero-order valence-electron chi connectivity index (χ0n) is 12.7. The number of nitrogens with one attached hydrogen (secondary N) is 1. The van der Waals surface area contributed by atoms with Crippen LogP contribution in [-0.4, -0.2) is 13.2 Å². The third-order valence-electron chi connectivity index (χ3n) is 4.45. The Labute approximate surface area is 125 Å². The third-order valence-corrected chi connectivity index (χ3v) is 4.45. The highest BCUT2D eigenvalue weighted by Gasteiger charge is 2.19. The topological polar surface area (TPSA) is 21.3 Å². The van der Waals surface area contributed by atoms with Gasteiger partial charge in [-0.25, -0.2) is 0 Å². The lowest BCUT2D eigenvalue weighted by atomic mass is 9.81. The van der Waals surface area contributed by atoms with Gasteiger partial charge in [0.1, 0.15) is 5.75 Å². The Morgan fingerprint density at radius 2 is 1.71 bits per heavy atom. The van der Waals surface area contributed by atoms with Crippen LogP contribution in [0.15, 0.2) is 24.3 Å². The summed E-state index contributed by atoms with van der Waals surface area (Å²) in [6, 6.07) is 6.85.